The van der Waals surface area contributed by atoms with Gasteiger partial charge in [0.05, 0.1) is 17.8 Å². The summed E-state index contributed by atoms with van der Waals surface area (Å²) in [5.41, 5.74) is 1.07. The van der Waals surface area contributed by atoms with E-state index in [9.17, 15) is 18.4 Å². The molecule has 0 bridgehead atoms. The lowest BCUT2D eigenvalue weighted by molar-refractivity contribution is 0.0210. The molecule has 0 radical (unpaired) electrons. The van der Waals surface area contributed by atoms with Crippen LogP contribution < -0.4 is 5.43 Å². The van der Waals surface area contributed by atoms with E-state index in [1.165, 1.54) is 21.8 Å². The number of methoxy groups -OCH3 is 1. The van der Waals surface area contributed by atoms with Gasteiger partial charge in [-0.1, -0.05) is 30.7 Å². The van der Waals surface area contributed by atoms with Crippen molar-refractivity contribution in [2.45, 2.75) is 44.8 Å². The summed E-state index contributed by atoms with van der Waals surface area (Å²) in [4.78, 5) is 26.5. The van der Waals surface area contributed by atoms with Gasteiger partial charge in [-0.2, -0.15) is 5.10 Å². The number of carbonyl (C=O) groups excluding carboxylic acids is 1. The largest absolute Gasteiger partial charge is 0.447 e. The van der Waals surface area contributed by atoms with Gasteiger partial charge in [0.1, 0.15) is 23.9 Å². The third kappa shape index (κ3) is 6.60. The van der Waals surface area contributed by atoms with Gasteiger partial charge in [-0.15, -0.1) is 0 Å². The molecule has 1 aliphatic carbocycles. The molecule has 1 amide bonds. The summed E-state index contributed by atoms with van der Waals surface area (Å²) in [6.45, 7) is 2.12. The highest BCUT2D eigenvalue weighted by atomic mass is 19.1. The number of ether oxygens (including phenoxy) is 2. The van der Waals surface area contributed by atoms with E-state index in [1.54, 1.807) is 14.2 Å². The Morgan fingerprint density at radius 3 is 2.71 bits per heavy atom. The highest BCUT2D eigenvalue weighted by Gasteiger charge is 2.23. The van der Waals surface area contributed by atoms with E-state index in [0.717, 1.165) is 30.2 Å². The van der Waals surface area contributed by atoms with Crippen molar-refractivity contribution >= 4 is 6.09 Å². The maximum Gasteiger partial charge on any atom is 0.410 e. The second kappa shape index (κ2) is 11.7. The first-order valence-electron chi connectivity index (χ1n) is 11.1. The molecule has 0 spiro atoms. The monoisotopic (exact) mass is 473 g/mol. The minimum Gasteiger partial charge on any atom is -0.447 e. The van der Waals surface area contributed by atoms with Crippen molar-refractivity contribution in [1.29, 1.82) is 0 Å². The molecule has 0 fully saturated rings. The van der Waals surface area contributed by atoms with Gasteiger partial charge >= 0.3 is 6.09 Å². The first-order chi connectivity index (χ1) is 16.3. The van der Waals surface area contributed by atoms with Crippen LogP contribution in [0.15, 0.2) is 59.1 Å². The number of nitrogens with zero attached hydrogens (tertiary/aromatic N) is 3. The normalized spacial score (nSPS) is 16.5. The highest BCUT2D eigenvalue weighted by molar-refractivity contribution is 5.68. The second-order valence-corrected chi connectivity index (χ2v) is 8.13. The van der Waals surface area contributed by atoms with Crippen molar-refractivity contribution in [3.8, 4) is 5.69 Å². The van der Waals surface area contributed by atoms with Gasteiger partial charge in [0.15, 0.2) is 0 Å². The third-order valence-corrected chi connectivity index (χ3v) is 5.73. The molecule has 182 valence electrons. The summed E-state index contributed by atoms with van der Waals surface area (Å²) >= 11 is 0. The fourth-order valence-corrected chi connectivity index (χ4v) is 3.65. The van der Waals surface area contributed by atoms with Crippen LogP contribution in [0.2, 0.25) is 0 Å². The minimum atomic E-state index is -0.733. The third-order valence-electron chi connectivity index (χ3n) is 5.73. The Hall–Kier alpha value is -3.33. The number of amides is 1. The molecule has 34 heavy (non-hydrogen) atoms. The SMILES string of the molecule is CCC(COC(=O)N(C)C1C=CCC=C(Cc2nn(-c3cc(F)cc(F)c3)ccc2=O)C1)OC. The molecule has 0 saturated heterocycles. The summed E-state index contributed by atoms with van der Waals surface area (Å²) in [7, 11) is 3.24. The molecule has 2 unspecified atom stereocenters. The molecule has 1 aromatic heterocycles. The van der Waals surface area contributed by atoms with Gasteiger partial charge in [-0.05, 0) is 31.4 Å². The molecule has 9 heteroatoms. The molecule has 7 nitrogen and oxygen atoms in total. The van der Waals surface area contributed by atoms with Crippen molar-refractivity contribution < 1.29 is 23.0 Å². The summed E-state index contributed by atoms with van der Waals surface area (Å²) in [6, 6.07) is 4.12. The quantitative estimate of drug-likeness (QED) is 0.538. The first-order valence-corrected chi connectivity index (χ1v) is 11.1. The smallest absolute Gasteiger partial charge is 0.410 e. The molecule has 3 rings (SSSR count). The van der Waals surface area contributed by atoms with Crippen molar-refractivity contribution in [1.82, 2.24) is 14.7 Å². The Kier molecular flexibility index (Phi) is 8.70. The van der Waals surface area contributed by atoms with E-state index in [1.807, 2.05) is 25.2 Å². The lowest BCUT2D eigenvalue weighted by Crippen LogP contribution is -2.38. The number of allylic oxidation sites excluding steroid dienone is 2. The molecular formula is C25H29F2N3O4. The fraction of sp³-hybridized carbons (Fsp3) is 0.400. The van der Waals surface area contributed by atoms with Crippen LogP contribution in [-0.4, -0.2) is 53.7 Å². The lowest BCUT2D eigenvalue weighted by Gasteiger charge is -2.26. The van der Waals surface area contributed by atoms with Crippen molar-refractivity contribution in [3.05, 3.63) is 81.8 Å². The maximum atomic E-state index is 13.6. The second-order valence-electron chi connectivity index (χ2n) is 8.13. The Morgan fingerprint density at radius 2 is 2.03 bits per heavy atom. The molecule has 0 aliphatic heterocycles. The van der Waals surface area contributed by atoms with Crippen LogP contribution in [0.4, 0.5) is 13.6 Å². The van der Waals surface area contributed by atoms with Crippen molar-refractivity contribution in [2.75, 3.05) is 20.8 Å². The number of likely N-dealkylation sites (N-methyl/N-ethyl adjacent to an activating group) is 1. The Morgan fingerprint density at radius 1 is 1.29 bits per heavy atom. The number of carbonyl (C=O) groups is 1. The van der Waals surface area contributed by atoms with Crippen molar-refractivity contribution in [3.63, 3.8) is 0 Å². The summed E-state index contributed by atoms with van der Waals surface area (Å²) in [5.74, 6) is -1.47. The van der Waals surface area contributed by atoms with Gasteiger partial charge in [0.25, 0.3) is 0 Å². The summed E-state index contributed by atoms with van der Waals surface area (Å²) in [6.07, 6.45) is 8.76. The lowest BCUT2D eigenvalue weighted by atomic mass is 10.0. The zero-order valence-corrected chi connectivity index (χ0v) is 19.5. The van der Waals surface area contributed by atoms with E-state index in [0.29, 0.717) is 12.8 Å². The number of hydrogen-bond donors (Lipinski definition) is 0. The predicted molar refractivity (Wildman–Crippen MR) is 124 cm³/mol. The average molecular weight is 474 g/mol. The summed E-state index contributed by atoms with van der Waals surface area (Å²) < 4.78 is 39.2. The van der Waals surface area contributed by atoms with Crippen LogP contribution >= 0.6 is 0 Å². The molecular weight excluding hydrogens is 444 g/mol. The molecule has 2 aromatic rings. The summed E-state index contributed by atoms with van der Waals surface area (Å²) in [5, 5.41) is 4.31. The van der Waals surface area contributed by atoms with Gasteiger partial charge in [-0.3, -0.25) is 4.79 Å². The van der Waals surface area contributed by atoms with Crippen LogP contribution in [0.3, 0.4) is 0 Å². The number of benzene rings is 1. The standard InChI is InChI=1S/C25H29F2N3O4/c1-4-22(33-3)16-34-25(32)29(2)20-8-6-5-7-17(11-20)12-23-24(31)9-10-30(28-23)21-14-18(26)13-19(27)15-21/h6-10,13-15,20,22H,4-5,11-12,16H2,1-3H3. The number of hydrogen-bond acceptors (Lipinski definition) is 5. The molecule has 0 N–H and O–H groups in total. The van der Waals surface area contributed by atoms with Crippen LogP contribution in [-0.2, 0) is 15.9 Å². The molecule has 0 saturated carbocycles. The highest BCUT2D eigenvalue weighted by Crippen LogP contribution is 2.20. The van der Waals surface area contributed by atoms with E-state index in [4.69, 9.17) is 9.47 Å². The van der Waals surface area contributed by atoms with E-state index < -0.39 is 17.7 Å². The Bertz CT molecular complexity index is 1110. The van der Waals surface area contributed by atoms with Gasteiger partial charge < -0.3 is 14.4 Å². The van der Waals surface area contributed by atoms with Crippen LogP contribution in [0.1, 0.15) is 31.9 Å². The van der Waals surface area contributed by atoms with E-state index in [-0.39, 0.29) is 42.0 Å². The molecule has 2 atom stereocenters. The van der Waals surface area contributed by atoms with Gasteiger partial charge in [0.2, 0.25) is 5.43 Å². The van der Waals surface area contributed by atoms with Crippen LogP contribution in [0, 0.1) is 11.6 Å². The van der Waals surface area contributed by atoms with E-state index >= 15 is 0 Å². The van der Waals surface area contributed by atoms with Gasteiger partial charge in [0, 0.05) is 38.9 Å². The zero-order chi connectivity index (χ0) is 24.7. The van der Waals surface area contributed by atoms with Gasteiger partial charge in [-0.25, -0.2) is 18.3 Å². The average Bonchev–Trinajstić information content (AvgIpc) is 3.05. The first kappa shape index (κ1) is 25.3. The molecule has 1 aromatic carbocycles. The fourth-order valence-electron chi connectivity index (χ4n) is 3.65. The number of aromatic nitrogens is 2. The van der Waals surface area contributed by atoms with Crippen LogP contribution in [0.5, 0.6) is 0 Å². The predicted octanol–water partition coefficient (Wildman–Crippen LogP) is 4.19. The minimum absolute atomic E-state index is 0.157. The molecule has 1 aliphatic rings. The Labute approximate surface area is 197 Å². The zero-order valence-electron chi connectivity index (χ0n) is 19.5. The maximum absolute atomic E-state index is 13.6. The molecule has 1 heterocycles. The Balaban J connectivity index is 1.73. The van der Waals surface area contributed by atoms with E-state index in [2.05, 4.69) is 5.10 Å². The number of rotatable bonds is 8. The number of halogens is 2. The van der Waals surface area contributed by atoms with Crippen LogP contribution in [0.25, 0.3) is 5.69 Å². The van der Waals surface area contributed by atoms with Crippen molar-refractivity contribution in [2.24, 2.45) is 0 Å². The topological polar surface area (TPSA) is 73.7 Å².